The summed E-state index contributed by atoms with van der Waals surface area (Å²) in [5.41, 5.74) is 0.351. The van der Waals surface area contributed by atoms with Crippen molar-refractivity contribution >= 4 is 21.6 Å². The minimum Gasteiger partial charge on any atom is -0.457 e. The van der Waals surface area contributed by atoms with Gasteiger partial charge in [-0.15, -0.1) is 0 Å². The predicted molar refractivity (Wildman–Crippen MR) is 123 cm³/mol. The fourth-order valence-electron chi connectivity index (χ4n) is 3.08. The van der Waals surface area contributed by atoms with Crippen molar-refractivity contribution < 1.29 is 22.7 Å². The van der Waals surface area contributed by atoms with Gasteiger partial charge in [-0.3, -0.25) is 9.10 Å². The number of nitrogens with one attached hydrogen (secondary N) is 1. The van der Waals surface area contributed by atoms with E-state index in [-0.39, 0.29) is 17.5 Å². The molecule has 0 radical (unpaired) electrons. The van der Waals surface area contributed by atoms with E-state index in [9.17, 15) is 13.2 Å². The van der Waals surface area contributed by atoms with Crippen LogP contribution in [0.4, 0.5) is 5.69 Å². The molecule has 3 rings (SSSR count). The SMILES string of the molecule is COC[C@H](C)NC(=O)CN(c1ccc(Oc2ccccc2)cc1)S(=O)(=O)c1ccccc1. The van der Waals surface area contributed by atoms with Gasteiger partial charge in [0.15, 0.2) is 0 Å². The highest BCUT2D eigenvalue weighted by Crippen LogP contribution is 2.27. The highest BCUT2D eigenvalue weighted by Gasteiger charge is 2.27. The largest absolute Gasteiger partial charge is 0.457 e. The third kappa shape index (κ3) is 6.09. The maximum absolute atomic E-state index is 13.3. The number of methoxy groups -OCH3 is 1. The Morgan fingerprint density at radius 1 is 0.906 bits per heavy atom. The normalized spacial score (nSPS) is 12.1. The van der Waals surface area contributed by atoms with Crippen LogP contribution in [0, 0.1) is 0 Å². The number of para-hydroxylation sites is 1. The Kier molecular flexibility index (Phi) is 7.86. The van der Waals surface area contributed by atoms with Crippen molar-refractivity contribution in [2.45, 2.75) is 17.9 Å². The van der Waals surface area contributed by atoms with Gasteiger partial charge in [0.25, 0.3) is 10.0 Å². The zero-order valence-corrected chi connectivity index (χ0v) is 18.8. The number of hydrogen-bond donors (Lipinski definition) is 1. The Balaban J connectivity index is 1.87. The number of ether oxygens (including phenoxy) is 2. The van der Waals surface area contributed by atoms with Gasteiger partial charge in [-0.25, -0.2) is 8.42 Å². The van der Waals surface area contributed by atoms with Crippen LogP contribution in [0.15, 0.2) is 89.8 Å². The number of rotatable bonds is 10. The second-order valence-electron chi connectivity index (χ2n) is 7.16. The first kappa shape index (κ1) is 23.3. The number of carbonyl (C=O) groups is 1. The van der Waals surface area contributed by atoms with Crippen molar-refractivity contribution in [2.75, 3.05) is 24.6 Å². The number of carbonyl (C=O) groups excluding carboxylic acids is 1. The number of benzene rings is 3. The smallest absolute Gasteiger partial charge is 0.264 e. The molecule has 3 aromatic carbocycles. The first-order chi connectivity index (χ1) is 15.4. The summed E-state index contributed by atoms with van der Waals surface area (Å²) in [6, 6.07) is 23.6. The molecule has 0 spiro atoms. The van der Waals surface area contributed by atoms with Gasteiger partial charge < -0.3 is 14.8 Å². The highest BCUT2D eigenvalue weighted by atomic mass is 32.2. The van der Waals surface area contributed by atoms with E-state index in [1.54, 1.807) is 49.4 Å². The molecule has 0 saturated carbocycles. The zero-order chi connectivity index (χ0) is 23.0. The average Bonchev–Trinajstić information content (AvgIpc) is 2.79. The molecule has 0 heterocycles. The fourth-order valence-corrected chi connectivity index (χ4v) is 4.52. The molecule has 1 amide bonds. The Morgan fingerprint density at radius 2 is 1.47 bits per heavy atom. The summed E-state index contributed by atoms with van der Waals surface area (Å²) < 4.78 is 38.6. The number of anilines is 1. The minimum absolute atomic E-state index is 0.0994. The third-order valence-electron chi connectivity index (χ3n) is 4.55. The van der Waals surface area contributed by atoms with Crippen molar-refractivity contribution in [3.8, 4) is 11.5 Å². The van der Waals surface area contributed by atoms with E-state index in [2.05, 4.69) is 5.32 Å². The molecule has 0 unspecified atom stereocenters. The van der Waals surface area contributed by atoms with Crippen molar-refractivity contribution in [1.29, 1.82) is 0 Å². The predicted octanol–water partition coefficient (Wildman–Crippen LogP) is 3.83. The van der Waals surface area contributed by atoms with E-state index in [0.717, 1.165) is 4.31 Å². The number of amides is 1. The summed E-state index contributed by atoms with van der Waals surface area (Å²) in [6.45, 7) is 1.74. The van der Waals surface area contributed by atoms with Crippen LogP contribution in [0.1, 0.15) is 6.92 Å². The van der Waals surface area contributed by atoms with Crippen molar-refractivity contribution in [3.05, 3.63) is 84.9 Å². The van der Waals surface area contributed by atoms with Gasteiger partial charge in [-0.1, -0.05) is 36.4 Å². The van der Waals surface area contributed by atoms with Crippen LogP contribution < -0.4 is 14.4 Å². The molecular weight excluding hydrogens is 428 g/mol. The number of sulfonamides is 1. The molecule has 7 nitrogen and oxygen atoms in total. The summed E-state index contributed by atoms with van der Waals surface area (Å²) in [5.74, 6) is 0.786. The molecule has 168 valence electrons. The molecule has 3 aromatic rings. The lowest BCUT2D eigenvalue weighted by Crippen LogP contribution is -2.44. The van der Waals surface area contributed by atoms with Crippen LogP contribution in [-0.2, 0) is 19.6 Å². The molecule has 0 fully saturated rings. The Hall–Kier alpha value is -3.36. The van der Waals surface area contributed by atoms with Gasteiger partial charge in [0.1, 0.15) is 18.0 Å². The summed E-state index contributed by atoms with van der Waals surface area (Å²) in [4.78, 5) is 12.7. The summed E-state index contributed by atoms with van der Waals surface area (Å²) in [6.07, 6.45) is 0. The van der Waals surface area contributed by atoms with Crippen molar-refractivity contribution in [1.82, 2.24) is 5.32 Å². The number of hydrogen-bond acceptors (Lipinski definition) is 5. The lowest BCUT2D eigenvalue weighted by Gasteiger charge is -2.25. The Morgan fingerprint density at radius 3 is 2.06 bits per heavy atom. The standard InChI is InChI=1S/C24H26N2O5S/c1-19(18-30-2)25-24(27)17-26(32(28,29)23-11-7-4-8-12-23)20-13-15-22(16-14-20)31-21-9-5-3-6-10-21/h3-16,19H,17-18H2,1-2H3,(H,25,27)/t19-/m0/s1. The lowest BCUT2D eigenvalue weighted by molar-refractivity contribution is -0.120. The molecule has 8 heteroatoms. The molecule has 1 N–H and O–H groups in total. The Labute approximate surface area is 188 Å². The average molecular weight is 455 g/mol. The monoisotopic (exact) mass is 454 g/mol. The molecular formula is C24H26N2O5S. The summed E-state index contributed by atoms with van der Waals surface area (Å²) >= 11 is 0. The van der Waals surface area contributed by atoms with Crippen molar-refractivity contribution in [2.24, 2.45) is 0 Å². The summed E-state index contributed by atoms with van der Waals surface area (Å²) in [5, 5.41) is 2.75. The third-order valence-corrected chi connectivity index (χ3v) is 6.33. The molecule has 0 aliphatic rings. The maximum Gasteiger partial charge on any atom is 0.264 e. The van der Waals surface area contributed by atoms with Gasteiger partial charge in [-0.05, 0) is 55.5 Å². The van der Waals surface area contributed by atoms with E-state index >= 15 is 0 Å². The van der Waals surface area contributed by atoms with Gasteiger partial charge in [-0.2, -0.15) is 0 Å². The van der Waals surface area contributed by atoms with E-state index < -0.39 is 15.9 Å². The van der Waals surface area contributed by atoms with Crippen LogP contribution >= 0.6 is 0 Å². The van der Waals surface area contributed by atoms with Crippen molar-refractivity contribution in [3.63, 3.8) is 0 Å². The fraction of sp³-hybridized carbons (Fsp3) is 0.208. The van der Waals surface area contributed by atoms with Gasteiger partial charge >= 0.3 is 0 Å². The van der Waals surface area contributed by atoms with E-state index in [1.807, 2.05) is 30.3 Å². The lowest BCUT2D eigenvalue weighted by atomic mass is 10.3. The van der Waals surface area contributed by atoms with Gasteiger partial charge in [0.05, 0.1) is 17.2 Å². The molecule has 1 atom stereocenters. The first-order valence-electron chi connectivity index (χ1n) is 10.1. The van der Waals surface area contributed by atoms with Crippen LogP contribution in [0.5, 0.6) is 11.5 Å². The van der Waals surface area contributed by atoms with Gasteiger partial charge in [0.2, 0.25) is 5.91 Å². The zero-order valence-electron chi connectivity index (χ0n) is 18.0. The quantitative estimate of drug-likeness (QED) is 0.503. The van der Waals surface area contributed by atoms with Crippen LogP contribution in [-0.4, -0.2) is 40.6 Å². The molecule has 0 aromatic heterocycles. The second-order valence-corrected chi connectivity index (χ2v) is 9.02. The Bertz CT molecular complexity index is 1100. The first-order valence-corrected chi connectivity index (χ1v) is 11.5. The second kappa shape index (κ2) is 10.8. The molecule has 0 saturated heterocycles. The van der Waals surface area contributed by atoms with Crippen LogP contribution in [0.25, 0.3) is 0 Å². The molecule has 0 aliphatic heterocycles. The van der Waals surface area contributed by atoms with Crippen LogP contribution in [0.2, 0.25) is 0 Å². The summed E-state index contributed by atoms with van der Waals surface area (Å²) in [7, 11) is -2.43. The highest BCUT2D eigenvalue weighted by molar-refractivity contribution is 7.92. The maximum atomic E-state index is 13.3. The molecule has 32 heavy (non-hydrogen) atoms. The number of nitrogens with zero attached hydrogens (tertiary/aromatic N) is 1. The topological polar surface area (TPSA) is 84.9 Å². The minimum atomic E-state index is -3.97. The van der Waals surface area contributed by atoms with E-state index in [0.29, 0.717) is 23.8 Å². The molecule has 0 bridgehead atoms. The molecule has 0 aliphatic carbocycles. The van der Waals surface area contributed by atoms with E-state index in [1.165, 1.54) is 19.2 Å². The van der Waals surface area contributed by atoms with Gasteiger partial charge in [0, 0.05) is 13.2 Å². The van der Waals surface area contributed by atoms with Crippen LogP contribution in [0.3, 0.4) is 0 Å². The van der Waals surface area contributed by atoms with E-state index in [4.69, 9.17) is 9.47 Å².